The Kier molecular flexibility index (Phi) is 5.24. The number of ketones is 1. The van der Waals surface area contributed by atoms with Crippen LogP contribution in [0.4, 0.5) is 5.69 Å². The van der Waals surface area contributed by atoms with E-state index < -0.39 is 21.8 Å². The summed E-state index contributed by atoms with van der Waals surface area (Å²) in [6.07, 6.45) is 0. The van der Waals surface area contributed by atoms with Gasteiger partial charge < -0.3 is 0 Å². The smallest absolute Gasteiger partial charge is 0.241 e. The molecule has 0 saturated heterocycles. The molecule has 1 atom stereocenters. The van der Waals surface area contributed by atoms with Crippen LogP contribution in [0.15, 0.2) is 51.5 Å². The molecule has 2 aromatic carbocycles. The Morgan fingerprint density at radius 1 is 1.26 bits per heavy atom. The molecule has 1 heterocycles. The van der Waals surface area contributed by atoms with Crippen LogP contribution < -0.4 is 5.14 Å². The van der Waals surface area contributed by atoms with Crippen molar-refractivity contribution in [3.8, 4) is 6.07 Å². The molecule has 1 unspecified atom stereocenters. The van der Waals surface area contributed by atoms with Gasteiger partial charge >= 0.3 is 0 Å². The van der Waals surface area contributed by atoms with Crippen molar-refractivity contribution in [2.45, 2.75) is 10.9 Å². The second kappa shape index (κ2) is 7.45. The van der Waals surface area contributed by atoms with Crippen molar-refractivity contribution in [2.75, 3.05) is 0 Å². The van der Waals surface area contributed by atoms with E-state index in [9.17, 15) is 18.5 Å². The monoisotopic (exact) mass is 420 g/mol. The van der Waals surface area contributed by atoms with Gasteiger partial charge in [-0.15, -0.1) is 0 Å². The van der Waals surface area contributed by atoms with Gasteiger partial charge in [0, 0.05) is 5.56 Å². The zero-order chi connectivity index (χ0) is 19.6. The molecule has 136 valence electrons. The molecule has 12 heteroatoms. The number of nitriles is 1. The summed E-state index contributed by atoms with van der Waals surface area (Å²) in [6.45, 7) is 0. The van der Waals surface area contributed by atoms with Gasteiger partial charge in [0.15, 0.2) is 0 Å². The van der Waals surface area contributed by atoms with E-state index in [2.05, 4.69) is 19.0 Å². The Morgan fingerprint density at radius 2 is 1.93 bits per heavy atom. The SMILES string of the molecule is N#CC(/N=N/c1cc(Cl)c(S(N)(=O)=O)c2nsnc12)C(=O)c1ccccc1. The van der Waals surface area contributed by atoms with E-state index in [-0.39, 0.29) is 26.6 Å². The van der Waals surface area contributed by atoms with Crippen LogP contribution in [0.25, 0.3) is 11.0 Å². The minimum absolute atomic E-state index is 0.0492. The van der Waals surface area contributed by atoms with E-state index in [1.165, 1.54) is 6.07 Å². The van der Waals surface area contributed by atoms with Crippen molar-refractivity contribution >= 4 is 55.9 Å². The first-order valence-corrected chi connectivity index (χ1v) is 9.85. The third-order valence-electron chi connectivity index (χ3n) is 3.42. The second-order valence-corrected chi connectivity index (χ2v) is 7.62. The van der Waals surface area contributed by atoms with Crippen LogP contribution in [0.3, 0.4) is 0 Å². The van der Waals surface area contributed by atoms with E-state index in [0.717, 1.165) is 11.7 Å². The summed E-state index contributed by atoms with van der Waals surface area (Å²) in [5.74, 6) is -0.526. The molecule has 27 heavy (non-hydrogen) atoms. The molecule has 0 spiro atoms. The third kappa shape index (κ3) is 3.83. The number of primary sulfonamides is 1. The summed E-state index contributed by atoms with van der Waals surface area (Å²) >= 11 is 6.74. The molecule has 0 radical (unpaired) electrons. The van der Waals surface area contributed by atoms with Crippen LogP contribution >= 0.6 is 23.3 Å². The number of carbonyl (C=O) groups is 1. The number of azo groups is 1. The summed E-state index contributed by atoms with van der Waals surface area (Å²) in [5.41, 5.74) is 0.427. The maximum Gasteiger partial charge on any atom is 0.241 e. The van der Waals surface area contributed by atoms with E-state index in [1.807, 2.05) is 0 Å². The topological polar surface area (TPSA) is 152 Å². The number of Topliss-reactive ketones (excluding diaryl/α,β-unsaturated/α-hetero) is 1. The summed E-state index contributed by atoms with van der Waals surface area (Å²) in [5, 5.41) is 21.8. The first kappa shape index (κ1) is 19.0. The number of rotatable bonds is 5. The first-order valence-electron chi connectivity index (χ1n) is 7.20. The molecule has 2 N–H and O–H groups in total. The number of halogens is 1. The fourth-order valence-corrected chi connectivity index (χ4v) is 4.11. The lowest BCUT2D eigenvalue weighted by Crippen LogP contribution is -2.16. The van der Waals surface area contributed by atoms with Crippen molar-refractivity contribution in [2.24, 2.45) is 15.4 Å². The molecule has 0 aliphatic rings. The number of sulfonamides is 1. The molecule has 3 rings (SSSR count). The second-order valence-electron chi connectivity index (χ2n) is 5.19. The summed E-state index contributed by atoms with van der Waals surface area (Å²) in [7, 11) is -4.14. The number of fused-ring (bicyclic) bond motifs is 1. The molecule has 0 bridgehead atoms. The highest BCUT2D eigenvalue weighted by atomic mass is 35.5. The number of aromatic nitrogens is 2. The zero-order valence-electron chi connectivity index (χ0n) is 13.3. The van der Waals surface area contributed by atoms with Gasteiger partial charge in [-0.05, 0) is 6.07 Å². The Labute approximate surface area is 162 Å². The molecular weight excluding hydrogens is 412 g/mol. The molecule has 0 aliphatic carbocycles. The molecular formula is C15H9ClN6O3S2. The van der Waals surface area contributed by atoms with E-state index in [4.69, 9.17) is 16.7 Å². The first-order chi connectivity index (χ1) is 12.8. The van der Waals surface area contributed by atoms with Gasteiger partial charge in [-0.2, -0.15) is 24.2 Å². The van der Waals surface area contributed by atoms with Crippen molar-refractivity contribution in [3.63, 3.8) is 0 Å². The van der Waals surface area contributed by atoms with E-state index in [1.54, 1.807) is 36.4 Å². The minimum atomic E-state index is -4.14. The van der Waals surface area contributed by atoms with Crippen LogP contribution in [0, 0.1) is 11.3 Å². The molecule has 1 aromatic heterocycles. The van der Waals surface area contributed by atoms with Gasteiger partial charge in [-0.3, -0.25) is 4.79 Å². The lowest BCUT2D eigenvalue weighted by Gasteiger charge is -2.05. The van der Waals surface area contributed by atoms with Crippen LogP contribution in [0.1, 0.15) is 10.4 Å². The van der Waals surface area contributed by atoms with Crippen molar-refractivity contribution in [1.82, 2.24) is 8.75 Å². The minimum Gasteiger partial charge on any atom is -0.290 e. The number of hydrogen-bond acceptors (Lipinski definition) is 9. The fourth-order valence-electron chi connectivity index (χ4n) is 2.24. The van der Waals surface area contributed by atoms with Crippen molar-refractivity contribution < 1.29 is 13.2 Å². The van der Waals surface area contributed by atoms with Gasteiger partial charge in [0.05, 0.1) is 22.8 Å². The molecule has 0 aliphatic heterocycles. The highest BCUT2D eigenvalue weighted by Gasteiger charge is 2.24. The quantitative estimate of drug-likeness (QED) is 0.494. The van der Waals surface area contributed by atoms with Gasteiger partial charge in [-0.1, -0.05) is 41.9 Å². The predicted molar refractivity (Wildman–Crippen MR) is 98.5 cm³/mol. The normalized spacial score (nSPS) is 12.9. The highest BCUT2D eigenvalue weighted by molar-refractivity contribution is 7.89. The number of nitrogens with two attached hydrogens (primary N) is 1. The number of benzene rings is 2. The summed E-state index contributed by atoms with van der Waals surface area (Å²) in [4.78, 5) is 12.0. The van der Waals surface area contributed by atoms with E-state index in [0.29, 0.717) is 5.56 Å². The Balaban J connectivity index is 2.03. The van der Waals surface area contributed by atoms with Crippen LogP contribution in [-0.2, 0) is 10.0 Å². The maximum atomic E-state index is 12.3. The molecule has 3 aromatic rings. The Bertz CT molecular complexity index is 1200. The zero-order valence-corrected chi connectivity index (χ0v) is 15.7. The van der Waals surface area contributed by atoms with Crippen molar-refractivity contribution in [3.05, 3.63) is 47.0 Å². The van der Waals surface area contributed by atoms with Crippen molar-refractivity contribution in [1.29, 1.82) is 5.26 Å². The standard InChI is InChI=1S/C15H9ClN6O3S2/c16-9-6-10(12-13(22-26-21-12)15(9)27(18,24)25)19-20-11(7-17)14(23)8-4-2-1-3-5-8/h1-6,11H,(H2,18,24,25)/b20-19+. The van der Waals surface area contributed by atoms with Crippen LogP contribution in [-0.4, -0.2) is 29.0 Å². The average molecular weight is 421 g/mol. The lowest BCUT2D eigenvalue weighted by molar-refractivity contribution is 0.0979. The summed E-state index contributed by atoms with van der Waals surface area (Å²) < 4.78 is 31.3. The number of carbonyl (C=O) groups excluding carboxylic acids is 1. The van der Waals surface area contributed by atoms with Gasteiger partial charge in [0.25, 0.3) is 0 Å². The molecule has 0 saturated carbocycles. The Morgan fingerprint density at radius 3 is 2.56 bits per heavy atom. The Hall–Kier alpha value is -2.78. The maximum absolute atomic E-state index is 12.3. The highest BCUT2D eigenvalue weighted by Crippen LogP contribution is 2.35. The largest absolute Gasteiger partial charge is 0.290 e. The fraction of sp³-hybridized carbons (Fsp3) is 0.0667. The van der Waals surface area contributed by atoms with Gasteiger partial charge in [0.1, 0.15) is 21.6 Å². The van der Waals surface area contributed by atoms with Gasteiger partial charge in [0.2, 0.25) is 21.8 Å². The van der Waals surface area contributed by atoms with Crippen LogP contribution in [0.2, 0.25) is 5.02 Å². The summed E-state index contributed by atoms with van der Waals surface area (Å²) in [6, 6.07) is 9.75. The predicted octanol–water partition coefficient (Wildman–Crippen LogP) is 2.85. The molecule has 0 amide bonds. The molecule has 9 nitrogen and oxygen atoms in total. The van der Waals surface area contributed by atoms with Crippen LogP contribution in [0.5, 0.6) is 0 Å². The number of nitrogens with zero attached hydrogens (tertiary/aromatic N) is 5. The molecule has 0 fully saturated rings. The van der Waals surface area contributed by atoms with E-state index >= 15 is 0 Å². The average Bonchev–Trinajstić information content (AvgIpc) is 3.10. The van der Waals surface area contributed by atoms with Gasteiger partial charge in [-0.25, -0.2) is 13.6 Å². The third-order valence-corrected chi connectivity index (χ3v) is 5.34. The lowest BCUT2D eigenvalue weighted by atomic mass is 10.1. The number of hydrogen-bond donors (Lipinski definition) is 1.